The molecule has 2 rings (SSSR count). The summed E-state index contributed by atoms with van der Waals surface area (Å²) in [6.07, 6.45) is 0. The van der Waals surface area contributed by atoms with Crippen molar-refractivity contribution in [2.75, 3.05) is 0 Å². The van der Waals surface area contributed by atoms with E-state index in [0.717, 1.165) is 16.7 Å². The predicted molar refractivity (Wildman–Crippen MR) is 57.8 cm³/mol. The SMILES string of the molecule is CCn1nc(C)c2cc(Br)ccc21. The van der Waals surface area contributed by atoms with Crippen molar-refractivity contribution in [1.82, 2.24) is 9.78 Å². The van der Waals surface area contributed by atoms with Gasteiger partial charge in [-0.25, -0.2) is 0 Å². The Morgan fingerprint density at radius 3 is 2.92 bits per heavy atom. The summed E-state index contributed by atoms with van der Waals surface area (Å²) < 4.78 is 3.13. The lowest BCUT2D eigenvalue weighted by Crippen LogP contribution is -1.95. The second-order valence-electron chi connectivity index (χ2n) is 3.06. The average molecular weight is 239 g/mol. The molecule has 0 atom stereocenters. The molecule has 2 nitrogen and oxygen atoms in total. The maximum atomic E-state index is 4.45. The van der Waals surface area contributed by atoms with Gasteiger partial charge >= 0.3 is 0 Å². The first-order chi connectivity index (χ1) is 6.22. The van der Waals surface area contributed by atoms with Crippen LogP contribution in [0.3, 0.4) is 0 Å². The molecular weight excluding hydrogens is 228 g/mol. The number of fused-ring (bicyclic) bond motifs is 1. The number of aryl methyl sites for hydroxylation is 2. The van der Waals surface area contributed by atoms with Gasteiger partial charge in [-0.1, -0.05) is 15.9 Å². The van der Waals surface area contributed by atoms with E-state index in [1.807, 2.05) is 11.6 Å². The summed E-state index contributed by atoms with van der Waals surface area (Å²) in [5.41, 5.74) is 2.31. The summed E-state index contributed by atoms with van der Waals surface area (Å²) in [6.45, 7) is 5.07. The molecule has 1 heterocycles. The molecular formula is C10H11BrN2. The fraction of sp³-hybridized carbons (Fsp3) is 0.300. The van der Waals surface area contributed by atoms with E-state index in [2.05, 4.69) is 46.2 Å². The summed E-state index contributed by atoms with van der Waals surface area (Å²) in [4.78, 5) is 0. The van der Waals surface area contributed by atoms with E-state index in [1.54, 1.807) is 0 Å². The maximum Gasteiger partial charge on any atom is 0.0685 e. The number of benzene rings is 1. The molecule has 0 aliphatic heterocycles. The van der Waals surface area contributed by atoms with Gasteiger partial charge in [0.2, 0.25) is 0 Å². The van der Waals surface area contributed by atoms with Crippen LogP contribution in [0.1, 0.15) is 12.6 Å². The highest BCUT2D eigenvalue weighted by molar-refractivity contribution is 9.10. The van der Waals surface area contributed by atoms with Crippen LogP contribution < -0.4 is 0 Å². The van der Waals surface area contributed by atoms with Gasteiger partial charge < -0.3 is 0 Å². The Labute approximate surface area is 85.7 Å². The molecule has 2 aromatic rings. The summed E-state index contributed by atoms with van der Waals surface area (Å²) in [5.74, 6) is 0. The van der Waals surface area contributed by atoms with Crippen LogP contribution in [0, 0.1) is 6.92 Å². The number of aromatic nitrogens is 2. The lowest BCUT2D eigenvalue weighted by Gasteiger charge is -1.97. The van der Waals surface area contributed by atoms with Crippen LogP contribution in [0.15, 0.2) is 22.7 Å². The first kappa shape index (κ1) is 8.75. The molecule has 13 heavy (non-hydrogen) atoms. The fourth-order valence-corrected chi connectivity index (χ4v) is 1.91. The highest BCUT2D eigenvalue weighted by atomic mass is 79.9. The Kier molecular flexibility index (Phi) is 2.12. The fourth-order valence-electron chi connectivity index (χ4n) is 1.55. The van der Waals surface area contributed by atoms with E-state index in [1.165, 1.54) is 10.9 Å². The third-order valence-electron chi connectivity index (χ3n) is 2.20. The predicted octanol–water partition coefficient (Wildman–Crippen LogP) is 3.13. The van der Waals surface area contributed by atoms with Crippen molar-refractivity contribution < 1.29 is 0 Å². The van der Waals surface area contributed by atoms with E-state index >= 15 is 0 Å². The molecule has 0 saturated carbocycles. The summed E-state index contributed by atoms with van der Waals surface area (Å²) in [5, 5.41) is 5.68. The molecule has 68 valence electrons. The Bertz CT molecular complexity index is 445. The van der Waals surface area contributed by atoms with Crippen LogP contribution >= 0.6 is 15.9 Å². The minimum absolute atomic E-state index is 0.923. The first-order valence-electron chi connectivity index (χ1n) is 4.35. The van der Waals surface area contributed by atoms with Crippen LogP contribution in [-0.4, -0.2) is 9.78 Å². The number of nitrogens with zero attached hydrogens (tertiary/aromatic N) is 2. The Morgan fingerprint density at radius 2 is 2.23 bits per heavy atom. The van der Waals surface area contributed by atoms with Crippen molar-refractivity contribution in [3.05, 3.63) is 28.4 Å². The minimum Gasteiger partial charge on any atom is -0.265 e. The average Bonchev–Trinajstić information content (AvgIpc) is 2.43. The van der Waals surface area contributed by atoms with E-state index in [9.17, 15) is 0 Å². The van der Waals surface area contributed by atoms with E-state index in [4.69, 9.17) is 0 Å². The molecule has 0 bridgehead atoms. The largest absolute Gasteiger partial charge is 0.265 e. The summed E-state index contributed by atoms with van der Waals surface area (Å²) >= 11 is 3.46. The molecule has 1 aromatic carbocycles. The highest BCUT2D eigenvalue weighted by Crippen LogP contribution is 2.22. The van der Waals surface area contributed by atoms with Gasteiger partial charge in [-0.3, -0.25) is 4.68 Å². The molecule has 0 amide bonds. The molecule has 0 N–H and O–H groups in total. The van der Waals surface area contributed by atoms with Gasteiger partial charge in [0.1, 0.15) is 0 Å². The van der Waals surface area contributed by atoms with Crippen molar-refractivity contribution in [2.45, 2.75) is 20.4 Å². The van der Waals surface area contributed by atoms with Crippen molar-refractivity contribution in [2.24, 2.45) is 0 Å². The van der Waals surface area contributed by atoms with Crippen molar-refractivity contribution in [3.63, 3.8) is 0 Å². The third-order valence-corrected chi connectivity index (χ3v) is 2.69. The van der Waals surface area contributed by atoms with Crippen LogP contribution in [0.25, 0.3) is 10.9 Å². The quantitative estimate of drug-likeness (QED) is 0.747. The van der Waals surface area contributed by atoms with Crippen LogP contribution in [0.2, 0.25) is 0 Å². The summed E-state index contributed by atoms with van der Waals surface area (Å²) in [7, 11) is 0. The second kappa shape index (κ2) is 3.14. The van der Waals surface area contributed by atoms with E-state index in [0.29, 0.717) is 0 Å². The van der Waals surface area contributed by atoms with Gasteiger partial charge in [-0.2, -0.15) is 5.10 Å². The topological polar surface area (TPSA) is 17.8 Å². The molecule has 0 spiro atoms. The molecule has 0 unspecified atom stereocenters. The smallest absolute Gasteiger partial charge is 0.0685 e. The molecule has 0 saturated heterocycles. The zero-order valence-electron chi connectivity index (χ0n) is 7.71. The van der Waals surface area contributed by atoms with Gasteiger partial charge in [-0.15, -0.1) is 0 Å². The maximum absolute atomic E-state index is 4.45. The van der Waals surface area contributed by atoms with Crippen molar-refractivity contribution >= 4 is 26.8 Å². The standard InChI is InChI=1S/C10H11BrN2/c1-3-13-10-5-4-8(11)6-9(10)7(2)12-13/h4-6H,3H2,1-2H3. The van der Waals surface area contributed by atoms with Crippen LogP contribution in [-0.2, 0) is 6.54 Å². The lowest BCUT2D eigenvalue weighted by atomic mass is 10.2. The number of hydrogen-bond donors (Lipinski definition) is 0. The first-order valence-corrected chi connectivity index (χ1v) is 5.14. The zero-order valence-corrected chi connectivity index (χ0v) is 9.30. The van der Waals surface area contributed by atoms with Crippen molar-refractivity contribution in [1.29, 1.82) is 0 Å². The van der Waals surface area contributed by atoms with Gasteiger partial charge in [0, 0.05) is 16.4 Å². The molecule has 0 aliphatic carbocycles. The van der Waals surface area contributed by atoms with Crippen LogP contribution in [0.4, 0.5) is 0 Å². The Morgan fingerprint density at radius 1 is 1.46 bits per heavy atom. The molecule has 1 aromatic heterocycles. The minimum atomic E-state index is 0.923. The van der Waals surface area contributed by atoms with Gasteiger partial charge in [0.05, 0.1) is 11.2 Å². The molecule has 3 heteroatoms. The van der Waals surface area contributed by atoms with Gasteiger partial charge in [-0.05, 0) is 32.0 Å². The van der Waals surface area contributed by atoms with E-state index < -0.39 is 0 Å². The van der Waals surface area contributed by atoms with Gasteiger partial charge in [0.15, 0.2) is 0 Å². The second-order valence-corrected chi connectivity index (χ2v) is 3.98. The zero-order chi connectivity index (χ0) is 9.42. The monoisotopic (exact) mass is 238 g/mol. The Hall–Kier alpha value is -0.830. The number of hydrogen-bond acceptors (Lipinski definition) is 1. The molecule has 0 fully saturated rings. The normalized spacial score (nSPS) is 11.0. The Balaban J connectivity index is 2.80. The lowest BCUT2D eigenvalue weighted by molar-refractivity contribution is 0.676. The van der Waals surface area contributed by atoms with E-state index in [-0.39, 0.29) is 0 Å². The molecule has 0 radical (unpaired) electrons. The molecule has 0 aliphatic rings. The van der Waals surface area contributed by atoms with Crippen LogP contribution in [0.5, 0.6) is 0 Å². The van der Waals surface area contributed by atoms with Gasteiger partial charge in [0.25, 0.3) is 0 Å². The third kappa shape index (κ3) is 1.37. The highest BCUT2D eigenvalue weighted by Gasteiger charge is 2.05. The van der Waals surface area contributed by atoms with Crippen molar-refractivity contribution in [3.8, 4) is 0 Å². The number of rotatable bonds is 1. The number of halogens is 1. The summed E-state index contributed by atoms with van der Waals surface area (Å²) in [6, 6.07) is 6.27.